The zero-order chi connectivity index (χ0) is 20.7. The Morgan fingerprint density at radius 2 is 1.66 bits per heavy atom. The van der Waals surface area contributed by atoms with Gasteiger partial charge in [-0.1, -0.05) is 67.6 Å². The molecule has 0 radical (unpaired) electrons. The molecule has 2 aromatic carbocycles. The summed E-state index contributed by atoms with van der Waals surface area (Å²) in [4.78, 5) is 12.5. The summed E-state index contributed by atoms with van der Waals surface area (Å²) in [5, 5.41) is 4.28. The van der Waals surface area contributed by atoms with Gasteiger partial charge in [-0.3, -0.25) is 4.79 Å². The van der Waals surface area contributed by atoms with Gasteiger partial charge >= 0.3 is 0 Å². The van der Waals surface area contributed by atoms with E-state index >= 15 is 0 Å². The number of piperidine rings is 1. The van der Waals surface area contributed by atoms with Crippen molar-refractivity contribution < 1.29 is 13.2 Å². The minimum absolute atomic E-state index is 0.0182. The van der Waals surface area contributed by atoms with Gasteiger partial charge in [0.15, 0.2) is 0 Å². The summed E-state index contributed by atoms with van der Waals surface area (Å²) < 4.78 is 26.6. The molecule has 1 N–H and O–H groups in total. The van der Waals surface area contributed by atoms with Crippen LogP contribution in [0.3, 0.4) is 0 Å². The third-order valence-corrected chi connectivity index (χ3v) is 6.93. The number of carbonyl (C=O) groups excluding carboxylic acids is 1. The van der Waals surface area contributed by atoms with Crippen LogP contribution in [0.5, 0.6) is 0 Å². The fraction of sp³-hybridized carbons (Fsp3) is 0.348. The Labute approximate surface area is 173 Å². The molecule has 1 aliphatic heterocycles. The number of benzene rings is 2. The van der Waals surface area contributed by atoms with Crippen molar-refractivity contribution in [1.29, 1.82) is 0 Å². The first-order valence-corrected chi connectivity index (χ1v) is 11.5. The Bertz CT molecular complexity index is 919. The van der Waals surface area contributed by atoms with Crippen molar-refractivity contribution in [3.05, 3.63) is 77.2 Å². The molecule has 1 unspecified atom stereocenters. The molecule has 3 rings (SSSR count). The fourth-order valence-corrected chi connectivity index (χ4v) is 4.71. The van der Waals surface area contributed by atoms with E-state index in [-0.39, 0.29) is 17.7 Å². The quantitative estimate of drug-likeness (QED) is 0.755. The van der Waals surface area contributed by atoms with Gasteiger partial charge in [0.2, 0.25) is 15.9 Å². The van der Waals surface area contributed by atoms with Crippen LogP contribution in [0.25, 0.3) is 6.08 Å². The lowest BCUT2D eigenvalue weighted by atomic mass is 9.96. The summed E-state index contributed by atoms with van der Waals surface area (Å²) in [6.07, 6.45) is 2.70. The number of hydrogen-bond acceptors (Lipinski definition) is 3. The zero-order valence-corrected chi connectivity index (χ0v) is 17.5. The van der Waals surface area contributed by atoms with Crippen LogP contribution in [0.1, 0.15) is 36.8 Å². The molecule has 1 amide bonds. The molecular weight excluding hydrogens is 384 g/mol. The molecule has 1 fully saturated rings. The molecule has 5 nitrogen and oxygen atoms in total. The van der Waals surface area contributed by atoms with Crippen LogP contribution < -0.4 is 5.32 Å². The summed E-state index contributed by atoms with van der Waals surface area (Å²) in [6, 6.07) is 19.4. The molecule has 6 heteroatoms. The number of amides is 1. The first kappa shape index (κ1) is 21.3. The maximum atomic E-state index is 12.5. The van der Waals surface area contributed by atoms with Gasteiger partial charge in [-0.05, 0) is 36.0 Å². The molecule has 29 heavy (non-hydrogen) atoms. The Morgan fingerprint density at radius 1 is 1.07 bits per heavy atom. The van der Waals surface area contributed by atoms with Gasteiger partial charge in [-0.25, -0.2) is 8.42 Å². The Kier molecular flexibility index (Phi) is 7.23. The number of nitrogens with zero attached hydrogens (tertiary/aromatic N) is 1. The van der Waals surface area contributed by atoms with Crippen LogP contribution in [0.4, 0.5) is 0 Å². The van der Waals surface area contributed by atoms with Crippen molar-refractivity contribution >= 4 is 22.0 Å². The van der Waals surface area contributed by atoms with E-state index in [1.54, 1.807) is 6.08 Å². The van der Waals surface area contributed by atoms with Gasteiger partial charge in [-0.2, -0.15) is 4.31 Å². The topological polar surface area (TPSA) is 66.5 Å². The molecule has 0 saturated carbocycles. The number of rotatable bonds is 7. The lowest BCUT2D eigenvalue weighted by Gasteiger charge is -2.30. The van der Waals surface area contributed by atoms with Crippen LogP contribution in [-0.2, 0) is 14.8 Å². The molecule has 1 saturated heterocycles. The van der Waals surface area contributed by atoms with Gasteiger partial charge < -0.3 is 5.32 Å². The standard InChI is InChI=1S/C23H28N2O3S/c1-19(21-10-6-3-7-11-21)18-24-23(26)22-12-15-25(16-13-22)29(27,28)17-14-20-8-4-2-5-9-20/h2-11,14,17,19,22H,12-13,15-16,18H2,1H3,(H,24,26). The summed E-state index contributed by atoms with van der Waals surface area (Å²) >= 11 is 0. The number of hydrogen-bond donors (Lipinski definition) is 1. The molecular formula is C23H28N2O3S. The highest BCUT2D eigenvalue weighted by Gasteiger charge is 2.30. The monoisotopic (exact) mass is 412 g/mol. The predicted octanol–water partition coefficient (Wildman–Crippen LogP) is 3.62. The van der Waals surface area contributed by atoms with E-state index < -0.39 is 10.0 Å². The third kappa shape index (κ3) is 6.02. The van der Waals surface area contributed by atoms with E-state index in [1.807, 2.05) is 48.5 Å². The van der Waals surface area contributed by atoms with Gasteiger partial charge in [0.05, 0.1) is 0 Å². The van der Waals surface area contributed by atoms with E-state index in [1.165, 1.54) is 15.3 Å². The van der Waals surface area contributed by atoms with Crippen LogP contribution in [0, 0.1) is 5.92 Å². The second-order valence-corrected chi connectivity index (χ2v) is 9.31. The lowest BCUT2D eigenvalue weighted by molar-refractivity contribution is -0.126. The number of sulfonamides is 1. The zero-order valence-electron chi connectivity index (χ0n) is 16.7. The first-order chi connectivity index (χ1) is 14.0. The molecule has 154 valence electrons. The van der Waals surface area contributed by atoms with Crippen LogP contribution in [-0.4, -0.2) is 38.3 Å². The van der Waals surface area contributed by atoms with Gasteiger partial charge in [0.25, 0.3) is 0 Å². The maximum absolute atomic E-state index is 12.5. The van der Waals surface area contributed by atoms with Gasteiger partial charge in [-0.15, -0.1) is 0 Å². The van der Waals surface area contributed by atoms with Crippen molar-refractivity contribution in [3.63, 3.8) is 0 Å². The lowest BCUT2D eigenvalue weighted by Crippen LogP contribution is -2.43. The number of nitrogens with one attached hydrogen (secondary N) is 1. The minimum Gasteiger partial charge on any atom is -0.355 e. The fourth-order valence-electron chi connectivity index (χ4n) is 3.48. The molecule has 2 aromatic rings. The molecule has 0 aromatic heterocycles. The van der Waals surface area contributed by atoms with Crippen LogP contribution in [0.2, 0.25) is 0 Å². The normalized spacial score (nSPS) is 17.3. The average molecular weight is 413 g/mol. The average Bonchev–Trinajstić information content (AvgIpc) is 2.77. The van der Waals surface area contributed by atoms with Crippen molar-refractivity contribution in [2.24, 2.45) is 5.92 Å². The highest BCUT2D eigenvalue weighted by molar-refractivity contribution is 7.92. The van der Waals surface area contributed by atoms with Crippen molar-refractivity contribution in [1.82, 2.24) is 9.62 Å². The molecule has 1 aliphatic rings. The SMILES string of the molecule is CC(CNC(=O)C1CCN(S(=O)(=O)C=Cc2ccccc2)CC1)c1ccccc1. The van der Waals surface area contributed by atoms with E-state index in [2.05, 4.69) is 24.4 Å². The highest BCUT2D eigenvalue weighted by Crippen LogP contribution is 2.21. The largest absolute Gasteiger partial charge is 0.355 e. The van der Waals surface area contributed by atoms with E-state index in [9.17, 15) is 13.2 Å². The number of carbonyl (C=O) groups is 1. The van der Waals surface area contributed by atoms with E-state index in [0.717, 1.165) is 5.56 Å². The van der Waals surface area contributed by atoms with Crippen LogP contribution in [0.15, 0.2) is 66.1 Å². The second-order valence-electron chi connectivity index (χ2n) is 7.49. The van der Waals surface area contributed by atoms with Crippen molar-refractivity contribution in [2.45, 2.75) is 25.7 Å². The summed E-state index contributed by atoms with van der Waals surface area (Å²) in [7, 11) is -3.47. The van der Waals surface area contributed by atoms with Crippen molar-refractivity contribution in [2.75, 3.05) is 19.6 Å². The summed E-state index contributed by atoms with van der Waals surface area (Å²) in [5.41, 5.74) is 2.04. The predicted molar refractivity (Wildman–Crippen MR) is 117 cm³/mol. The van der Waals surface area contributed by atoms with E-state index in [4.69, 9.17) is 0 Å². The van der Waals surface area contributed by atoms with Crippen molar-refractivity contribution in [3.8, 4) is 0 Å². The molecule has 0 spiro atoms. The molecule has 0 bridgehead atoms. The Hall–Kier alpha value is -2.44. The second kappa shape index (κ2) is 9.85. The molecule has 1 heterocycles. The minimum atomic E-state index is -3.47. The summed E-state index contributed by atoms with van der Waals surface area (Å²) in [5.74, 6) is 0.121. The smallest absolute Gasteiger partial charge is 0.236 e. The third-order valence-electron chi connectivity index (χ3n) is 5.37. The Balaban J connectivity index is 1.48. The van der Waals surface area contributed by atoms with Gasteiger partial charge in [0, 0.05) is 31.0 Å². The van der Waals surface area contributed by atoms with Crippen LogP contribution >= 0.6 is 0 Å². The molecule has 0 aliphatic carbocycles. The maximum Gasteiger partial charge on any atom is 0.236 e. The van der Waals surface area contributed by atoms with Gasteiger partial charge in [0.1, 0.15) is 0 Å². The molecule has 1 atom stereocenters. The highest BCUT2D eigenvalue weighted by atomic mass is 32.2. The summed E-state index contributed by atoms with van der Waals surface area (Å²) in [6.45, 7) is 3.41. The van der Waals surface area contributed by atoms with E-state index in [0.29, 0.717) is 32.5 Å². The first-order valence-electron chi connectivity index (χ1n) is 10.0. The Morgan fingerprint density at radius 3 is 2.28 bits per heavy atom.